The minimum atomic E-state index is -0.130. The van der Waals surface area contributed by atoms with Crippen molar-refractivity contribution in [1.29, 1.82) is 0 Å². The van der Waals surface area contributed by atoms with Crippen LogP contribution in [0.3, 0.4) is 0 Å². The summed E-state index contributed by atoms with van der Waals surface area (Å²) in [4.78, 5) is 17.3. The normalized spacial score (nSPS) is 20.4. The van der Waals surface area contributed by atoms with Crippen LogP contribution in [0.15, 0.2) is 66.2 Å². The number of aliphatic imine (C=N–C) groups is 1. The lowest BCUT2D eigenvalue weighted by Gasteiger charge is -2.39. The summed E-state index contributed by atoms with van der Waals surface area (Å²) in [7, 11) is 1.96. The fourth-order valence-corrected chi connectivity index (χ4v) is 3.67. The van der Waals surface area contributed by atoms with Crippen LogP contribution in [0.5, 0.6) is 0 Å². The van der Waals surface area contributed by atoms with Crippen LogP contribution in [-0.2, 0) is 0 Å². The van der Waals surface area contributed by atoms with Gasteiger partial charge in [0, 0.05) is 37.9 Å². The van der Waals surface area contributed by atoms with Crippen LogP contribution in [0.25, 0.3) is 5.70 Å². The standard InChI is InChI=1S/C21H22FN5/c1-15-12-20(19-9-10-23-14-24-19)25-21(26(15)2)27-11-5-6-16(13-27)17-7-3-4-8-18(17)22/h3-4,7-10,12,14,16H,1,5-6,11,13H2,2H3. The van der Waals surface area contributed by atoms with Crippen LogP contribution >= 0.6 is 0 Å². The zero-order valence-electron chi connectivity index (χ0n) is 15.3. The van der Waals surface area contributed by atoms with Crippen molar-refractivity contribution >= 4 is 11.7 Å². The van der Waals surface area contributed by atoms with Crippen LogP contribution in [0, 0.1) is 5.82 Å². The van der Waals surface area contributed by atoms with Crippen molar-refractivity contribution in [2.45, 2.75) is 18.8 Å². The third kappa shape index (κ3) is 3.47. The summed E-state index contributed by atoms with van der Waals surface area (Å²) in [5.74, 6) is 0.851. The van der Waals surface area contributed by atoms with Crippen LogP contribution < -0.4 is 0 Å². The Morgan fingerprint density at radius 3 is 2.85 bits per heavy atom. The Morgan fingerprint density at radius 1 is 1.22 bits per heavy atom. The average molecular weight is 363 g/mol. The topological polar surface area (TPSA) is 44.6 Å². The highest BCUT2D eigenvalue weighted by Gasteiger charge is 2.29. The molecule has 0 N–H and O–H groups in total. The lowest BCUT2D eigenvalue weighted by atomic mass is 9.90. The predicted molar refractivity (Wildman–Crippen MR) is 104 cm³/mol. The van der Waals surface area contributed by atoms with Crippen LogP contribution in [0.1, 0.15) is 30.0 Å². The number of piperidine rings is 1. The third-order valence-corrected chi connectivity index (χ3v) is 5.15. The largest absolute Gasteiger partial charge is 0.342 e. The average Bonchev–Trinajstić information content (AvgIpc) is 2.71. The fourth-order valence-electron chi connectivity index (χ4n) is 3.67. The maximum atomic E-state index is 14.3. The van der Waals surface area contributed by atoms with Gasteiger partial charge in [0.25, 0.3) is 0 Å². The van der Waals surface area contributed by atoms with Crippen molar-refractivity contribution < 1.29 is 4.39 Å². The van der Waals surface area contributed by atoms with Gasteiger partial charge in [-0.1, -0.05) is 24.8 Å². The van der Waals surface area contributed by atoms with Crippen molar-refractivity contribution in [1.82, 2.24) is 19.8 Å². The van der Waals surface area contributed by atoms with Gasteiger partial charge < -0.3 is 9.80 Å². The highest BCUT2D eigenvalue weighted by atomic mass is 19.1. The number of rotatable bonds is 2. The molecule has 0 bridgehead atoms. The second-order valence-corrected chi connectivity index (χ2v) is 6.89. The van der Waals surface area contributed by atoms with Gasteiger partial charge in [0.05, 0.1) is 11.4 Å². The van der Waals surface area contributed by atoms with Gasteiger partial charge in [-0.05, 0) is 36.6 Å². The molecule has 27 heavy (non-hydrogen) atoms. The molecular weight excluding hydrogens is 341 g/mol. The van der Waals surface area contributed by atoms with Gasteiger partial charge in [-0.3, -0.25) is 0 Å². The summed E-state index contributed by atoms with van der Waals surface area (Å²) in [5.41, 5.74) is 3.16. The summed E-state index contributed by atoms with van der Waals surface area (Å²) in [6.45, 7) is 5.76. The van der Waals surface area contributed by atoms with E-state index in [1.165, 1.54) is 12.4 Å². The minimum absolute atomic E-state index is 0.130. The highest BCUT2D eigenvalue weighted by molar-refractivity contribution is 5.90. The number of hydrogen-bond acceptors (Lipinski definition) is 5. The maximum absolute atomic E-state index is 14.3. The molecule has 0 saturated carbocycles. The first-order chi connectivity index (χ1) is 13.1. The third-order valence-electron chi connectivity index (χ3n) is 5.15. The Morgan fingerprint density at radius 2 is 2.07 bits per heavy atom. The molecule has 4 rings (SSSR count). The molecule has 1 unspecified atom stereocenters. The molecule has 0 amide bonds. The number of guanidine groups is 1. The van der Waals surface area contributed by atoms with E-state index < -0.39 is 0 Å². The van der Waals surface area contributed by atoms with Crippen molar-refractivity contribution in [2.24, 2.45) is 4.99 Å². The summed E-state index contributed by atoms with van der Waals surface area (Å²) < 4.78 is 14.3. The molecule has 138 valence electrons. The Kier molecular flexibility index (Phi) is 4.71. The first-order valence-electron chi connectivity index (χ1n) is 9.12. The van der Waals surface area contributed by atoms with Gasteiger partial charge in [0.1, 0.15) is 12.1 Å². The molecule has 0 aliphatic carbocycles. The van der Waals surface area contributed by atoms with Crippen molar-refractivity contribution in [3.8, 4) is 0 Å². The number of hydrogen-bond donors (Lipinski definition) is 0. The Bertz CT molecular complexity index is 906. The zero-order valence-corrected chi connectivity index (χ0v) is 15.3. The predicted octanol–water partition coefficient (Wildman–Crippen LogP) is 3.65. The van der Waals surface area contributed by atoms with Gasteiger partial charge >= 0.3 is 0 Å². The summed E-state index contributed by atoms with van der Waals surface area (Å²) in [6.07, 6.45) is 7.11. The molecule has 1 atom stereocenters. The zero-order chi connectivity index (χ0) is 18.8. The van der Waals surface area contributed by atoms with Crippen molar-refractivity contribution in [3.63, 3.8) is 0 Å². The number of likely N-dealkylation sites (N-methyl/N-ethyl adjacent to an activating group) is 1. The summed E-state index contributed by atoms with van der Waals surface area (Å²) in [6, 6.07) is 8.90. The molecule has 5 nitrogen and oxygen atoms in total. The monoisotopic (exact) mass is 363 g/mol. The van der Waals surface area contributed by atoms with Crippen LogP contribution in [0.4, 0.5) is 4.39 Å². The molecule has 0 spiro atoms. The van der Waals surface area contributed by atoms with E-state index in [1.807, 2.05) is 36.2 Å². The van der Waals surface area contributed by atoms with Gasteiger partial charge in [0.2, 0.25) is 5.96 Å². The second kappa shape index (κ2) is 7.31. The van der Waals surface area contributed by atoms with E-state index in [0.29, 0.717) is 0 Å². The number of allylic oxidation sites excluding steroid dienone is 1. The molecule has 2 aliphatic heterocycles. The molecule has 1 saturated heterocycles. The summed E-state index contributed by atoms with van der Waals surface area (Å²) in [5, 5.41) is 0. The second-order valence-electron chi connectivity index (χ2n) is 6.89. The molecule has 1 aromatic carbocycles. The quantitative estimate of drug-likeness (QED) is 0.817. The number of nitrogens with zero attached hydrogens (tertiary/aromatic N) is 5. The molecule has 1 aromatic heterocycles. The molecule has 2 aromatic rings. The van der Waals surface area contributed by atoms with E-state index in [0.717, 1.165) is 54.5 Å². The molecule has 2 aliphatic rings. The number of likely N-dealkylation sites (tertiary alicyclic amines) is 1. The summed E-state index contributed by atoms with van der Waals surface area (Å²) >= 11 is 0. The van der Waals surface area contributed by atoms with Crippen LogP contribution in [0.2, 0.25) is 0 Å². The first-order valence-corrected chi connectivity index (χ1v) is 9.12. The fraction of sp³-hybridized carbons (Fsp3) is 0.286. The van der Waals surface area contributed by atoms with E-state index in [9.17, 15) is 4.39 Å². The lowest BCUT2D eigenvalue weighted by molar-refractivity contribution is 0.280. The first kappa shape index (κ1) is 17.4. The van der Waals surface area contributed by atoms with Crippen molar-refractivity contribution in [2.75, 3.05) is 20.1 Å². The van der Waals surface area contributed by atoms with E-state index in [2.05, 4.69) is 21.4 Å². The molecule has 3 heterocycles. The molecule has 0 radical (unpaired) electrons. The highest BCUT2D eigenvalue weighted by Crippen LogP contribution is 2.31. The SMILES string of the molecule is C=C1C=C(c2ccncn2)N=C(N2CCCC(c3ccccc3F)C2)N1C. The van der Waals surface area contributed by atoms with E-state index in [1.54, 1.807) is 12.3 Å². The molecule has 1 fully saturated rings. The lowest BCUT2D eigenvalue weighted by Crippen LogP contribution is -2.47. The smallest absolute Gasteiger partial charge is 0.206 e. The minimum Gasteiger partial charge on any atom is -0.342 e. The molecule has 6 heteroatoms. The number of aromatic nitrogens is 2. The Labute approximate surface area is 158 Å². The van der Waals surface area contributed by atoms with E-state index in [-0.39, 0.29) is 11.7 Å². The van der Waals surface area contributed by atoms with Gasteiger partial charge in [-0.25, -0.2) is 19.4 Å². The van der Waals surface area contributed by atoms with E-state index >= 15 is 0 Å². The van der Waals surface area contributed by atoms with Crippen LogP contribution in [-0.4, -0.2) is 45.9 Å². The van der Waals surface area contributed by atoms with E-state index in [4.69, 9.17) is 4.99 Å². The Balaban J connectivity index is 1.63. The van der Waals surface area contributed by atoms with Gasteiger partial charge in [0.15, 0.2) is 0 Å². The van der Waals surface area contributed by atoms with Crippen molar-refractivity contribution in [3.05, 3.63) is 78.3 Å². The maximum Gasteiger partial charge on any atom is 0.206 e. The number of halogens is 1. The van der Waals surface area contributed by atoms with Gasteiger partial charge in [-0.2, -0.15) is 0 Å². The Hall–Kier alpha value is -3.02. The van der Waals surface area contributed by atoms with Gasteiger partial charge in [-0.15, -0.1) is 0 Å². The molecular formula is C21H22FN5. The number of benzene rings is 1.